The third-order valence-corrected chi connectivity index (χ3v) is 6.73. The quantitative estimate of drug-likeness (QED) is 0.699. The Morgan fingerprint density at radius 3 is 2.66 bits per heavy atom. The van der Waals surface area contributed by atoms with Crippen LogP contribution in [0.1, 0.15) is 12.8 Å². The van der Waals surface area contributed by atoms with Gasteiger partial charge >= 0.3 is 0 Å². The van der Waals surface area contributed by atoms with Crippen LogP contribution in [-0.4, -0.2) is 57.0 Å². The van der Waals surface area contributed by atoms with Gasteiger partial charge < -0.3 is 14.8 Å². The summed E-state index contributed by atoms with van der Waals surface area (Å²) < 4.78 is 37.3. The second-order valence-corrected chi connectivity index (χ2v) is 8.75. The summed E-state index contributed by atoms with van der Waals surface area (Å²) in [5, 5.41) is 2.86. The zero-order chi connectivity index (χ0) is 20.7. The molecule has 9 heteroatoms. The van der Waals surface area contributed by atoms with Crippen molar-refractivity contribution in [2.24, 2.45) is 5.92 Å². The van der Waals surface area contributed by atoms with Crippen LogP contribution >= 0.6 is 0 Å². The average Bonchev–Trinajstić information content (AvgIpc) is 2.77. The van der Waals surface area contributed by atoms with E-state index >= 15 is 0 Å². The fourth-order valence-electron chi connectivity index (χ4n) is 3.15. The van der Waals surface area contributed by atoms with Gasteiger partial charge in [0.05, 0.1) is 7.11 Å². The number of nitrogens with one attached hydrogen (secondary N) is 1. The van der Waals surface area contributed by atoms with Gasteiger partial charge in [-0.15, -0.1) is 0 Å². The smallest absolute Gasteiger partial charge is 0.257 e. The van der Waals surface area contributed by atoms with Crippen LogP contribution in [0.5, 0.6) is 11.5 Å². The summed E-state index contributed by atoms with van der Waals surface area (Å²) in [5.41, 5.74) is 0. The predicted octanol–water partition coefficient (Wildman–Crippen LogP) is 1.69. The van der Waals surface area contributed by atoms with E-state index in [4.69, 9.17) is 9.47 Å². The first-order chi connectivity index (χ1) is 14.0. The Kier molecular flexibility index (Phi) is 7.05. The number of piperidine rings is 1. The molecule has 1 aromatic carbocycles. The SMILES string of the molecule is COc1cccc(OCC(=O)NCC2CCN(S(=O)(=O)c3cccnc3)CC2)c1. The molecule has 0 aliphatic carbocycles. The molecule has 0 radical (unpaired) electrons. The molecule has 0 saturated carbocycles. The Morgan fingerprint density at radius 1 is 1.21 bits per heavy atom. The van der Waals surface area contributed by atoms with Crippen LogP contribution in [0.4, 0.5) is 0 Å². The van der Waals surface area contributed by atoms with E-state index in [2.05, 4.69) is 10.3 Å². The number of carbonyl (C=O) groups is 1. The summed E-state index contributed by atoms with van der Waals surface area (Å²) >= 11 is 0. The van der Waals surface area contributed by atoms with Gasteiger partial charge in [0.15, 0.2) is 6.61 Å². The number of sulfonamides is 1. The zero-order valence-electron chi connectivity index (χ0n) is 16.3. The van der Waals surface area contributed by atoms with Crippen LogP contribution < -0.4 is 14.8 Å². The van der Waals surface area contributed by atoms with Crippen molar-refractivity contribution >= 4 is 15.9 Å². The summed E-state index contributed by atoms with van der Waals surface area (Å²) in [4.78, 5) is 16.1. The normalized spacial score (nSPS) is 15.6. The van der Waals surface area contributed by atoms with Crippen LogP contribution in [0.3, 0.4) is 0 Å². The number of nitrogens with zero attached hydrogens (tertiary/aromatic N) is 2. The molecule has 1 aliphatic heterocycles. The molecule has 0 atom stereocenters. The van der Waals surface area contributed by atoms with Crippen LogP contribution in [0.2, 0.25) is 0 Å². The van der Waals surface area contributed by atoms with Crippen molar-refractivity contribution in [3.8, 4) is 11.5 Å². The molecule has 0 spiro atoms. The summed E-state index contributed by atoms with van der Waals surface area (Å²) in [5.74, 6) is 1.25. The first-order valence-corrected chi connectivity index (χ1v) is 10.9. The van der Waals surface area contributed by atoms with Crippen molar-refractivity contribution < 1.29 is 22.7 Å². The van der Waals surface area contributed by atoms with E-state index in [1.165, 1.54) is 10.5 Å². The Hall–Kier alpha value is -2.65. The van der Waals surface area contributed by atoms with Crippen molar-refractivity contribution in [1.82, 2.24) is 14.6 Å². The van der Waals surface area contributed by atoms with E-state index in [1.807, 2.05) is 0 Å². The van der Waals surface area contributed by atoms with Gasteiger partial charge in [-0.25, -0.2) is 8.42 Å². The van der Waals surface area contributed by atoms with Gasteiger partial charge in [-0.2, -0.15) is 4.31 Å². The minimum Gasteiger partial charge on any atom is -0.497 e. The summed E-state index contributed by atoms with van der Waals surface area (Å²) in [6.45, 7) is 1.28. The second-order valence-electron chi connectivity index (χ2n) is 6.81. The molecule has 29 heavy (non-hydrogen) atoms. The molecule has 1 aromatic heterocycles. The zero-order valence-corrected chi connectivity index (χ0v) is 17.1. The molecule has 3 rings (SSSR count). The molecule has 2 aromatic rings. The number of aromatic nitrogens is 1. The number of benzene rings is 1. The maximum atomic E-state index is 12.6. The van der Waals surface area contributed by atoms with Crippen LogP contribution in [-0.2, 0) is 14.8 Å². The average molecular weight is 420 g/mol. The minimum absolute atomic E-state index is 0.0819. The number of ether oxygens (including phenoxy) is 2. The van der Waals surface area contributed by atoms with Crippen LogP contribution in [0.15, 0.2) is 53.7 Å². The second kappa shape index (κ2) is 9.71. The fourth-order valence-corrected chi connectivity index (χ4v) is 4.59. The van der Waals surface area contributed by atoms with Gasteiger partial charge in [0.1, 0.15) is 16.4 Å². The maximum Gasteiger partial charge on any atom is 0.257 e. The summed E-state index contributed by atoms with van der Waals surface area (Å²) in [6.07, 6.45) is 4.29. The number of carbonyl (C=O) groups excluding carboxylic acids is 1. The van der Waals surface area contributed by atoms with Gasteiger partial charge in [-0.1, -0.05) is 6.07 Å². The van der Waals surface area contributed by atoms with Gasteiger partial charge in [-0.05, 0) is 43.0 Å². The lowest BCUT2D eigenvalue weighted by atomic mass is 9.98. The van der Waals surface area contributed by atoms with E-state index in [-0.39, 0.29) is 23.3 Å². The van der Waals surface area contributed by atoms with E-state index in [0.717, 1.165) is 0 Å². The summed E-state index contributed by atoms with van der Waals surface area (Å²) in [7, 11) is -1.94. The first kappa shape index (κ1) is 21.1. The molecular weight excluding hydrogens is 394 g/mol. The van der Waals surface area contributed by atoms with Crippen LogP contribution in [0, 0.1) is 5.92 Å². The van der Waals surface area contributed by atoms with Crippen molar-refractivity contribution in [2.45, 2.75) is 17.7 Å². The maximum absolute atomic E-state index is 12.6. The number of rotatable bonds is 8. The molecule has 1 N–H and O–H groups in total. The van der Waals surface area contributed by atoms with E-state index < -0.39 is 10.0 Å². The van der Waals surface area contributed by atoms with Crippen molar-refractivity contribution in [3.63, 3.8) is 0 Å². The Morgan fingerprint density at radius 2 is 1.97 bits per heavy atom. The largest absolute Gasteiger partial charge is 0.497 e. The lowest BCUT2D eigenvalue weighted by Crippen LogP contribution is -2.42. The van der Waals surface area contributed by atoms with E-state index in [0.29, 0.717) is 44.0 Å². The third-order valence-electron chi connectivity index (χ3n) is 4.84. The molecular formula is C20H25N3O5S. The lowest BCUT2D eigenvalue weighted by Gasteiger charge is -2.31. The molecule has 1 saturated heterocycles. The Bertz CT molecular complexity index is 913. The molecule has 1 amide bonds. The highest BCUT2D eigenvalue weighted by Crippen LogP contribution is 2.23. The number of methoxy groups -OCH3 is 1. The number of amides is 1. The van der Waals surface area contributed by atoms with E-state index in [9.17, 15) is 13.2 Å². The number of hydrogen-bond donors (Lipinski definition) is 1. The third kappa shape index (κ3) is 5.68. The van der Waals surface area contributed by atoms with Crippen molar-refractivity contribution in [2.75, 3.05) is 33.4 Å². The lowest BCUT2D eigenvalue weighted by molar-refractivity contribution is -0.123. The number of hydrogen-bond acceptors (Lipinski definition) is 6. The van der Waals surface area contributed by atoms with Gasteiger partial charge in [0.25, 0.3) is 5.91 Å². The van der Waals surface area contributed by atoms with E-state index in [1.54, 1.807) is 49.7 Å². The van der Waals surface area contributed by atoms with Crippen molar-refractivity contribution in [1.29, 1.82) is 0 Å². The highest BCUT2D eigenvalue weighted by molar-refractivity contribution is 7.89. The molecule has 0 bridgehead atoms. The molecule has 0 unspecified atom stereocenters. The highest BCUT2D eigenvalue weighted by atomic mass is 32.2. The van der Waals surface area contributed by atoms with Gasteiger partial charge in [-0.3, -0.25) is 9.78 Å². The molecule has 156 valence electrons. The van der Waals surface area contributed by atoms with Gasteiger partial charge in [0.2, 0.25) is 10.0 Å². The molecule has 1 aliphatic rings. The van der Waals surface area contributed by atoms with Gasteiger partial charge in [0, 0.05) is 38.1 Å². The predicted molar refractivity (Wildman–Crippen MR) is 107 cm³/mol. The van der Waals surface area contributed by atoms with Crippen molar-refractivity contribution in [3.05, 3.63) is 48.8 Å². The number of pyridine rings is 1. The minimum atomic E-state index is -3.51. The monoisotopic (exact) mass is 419 g/mol. The Balaban J connectivity index is 1.41. The summed E-state index contributed by atoms with van der Waals surface area (Å²) in [6, 6.07) is 10.2. The molecule has 2 heterocycles. The molecule has 8 nitrogen and oxygen atoms in total. The topological polar surface area (TPSA) is 97.8 Å². The molecule has 1 fully saturated rings. The standard InChI is InChI=1S/C20H25N3O5S/c1-27-17-4-2-5-18(12-17)28-15-20(24)22-13-16-7-10-23(11-8-16)29(25,26)19-6-3-9-21-14-19/h2-6,9,12,14,16H,7-8,10-11,13,15H2,1H3,(H,22,24). The fraction of sp³-hybridized carbons (Fsp3) is 0.400. The van der Waals surface area contributed by atoms with Crippen LogP contribution in [0.25, 0.3) is 0 Å². The first-order valence-electron chi connectivity index (χ1n) is 9.43. The Labute approximate surface area is 170 Å². The highest BCUT2D eigenvalue weighted by Gasteiger charge is 2.29.